The molecular formula is C12H14ClFN4O. The van der Waals surface area contributed by atoms with Crippen LogP contribution < -0.4 is 5.73 Å². The number of benzene rings is 1. The van der Waals surface area contributed by atoms with Gasteiger partial charge in [0.15, 0.2) is 5.82 Å². The van der Waals surface area contributed by atoms with Crippen LogP contribution in [0, 0.1) is 5.82 Å². The van der Waals surface area contributed by atoms with Crippen molar-refractivity contribution in [3.63, 3.8) is 0 Å². The zero-order valence-electron chi connectivity index (χ0n) is 10.4. The SMILES string of the molecule is CN(Cc1noc(CN)n1)Cc1c(F)cccc1Cl. The fourth-order valence-corrected chi connectivity index (χ4v) is 1.91. The summed E-state index contributed by atoms with van der Waals surface area (Å²) in [4.78, 5) is 5.93. The Morgan fingerprint density at radius 2 is 2.21 bits per heavy atom. The second kappa shape index (κ2) is 6.10. The molecule has 2 aromatic rings. The molecule has 1 aromatic carbocycles. The first kappa shape index (κ1) is 13.9. The number of aromatic nitrogens is 2. The van der Waals surface area contributed by atoms with Crippen molar-refractivity contribution in [1.29, 1.82) is 0 Å². The van der Waals surface area contributed by atoms with Gasteiger partial charge in [-0.15, -0.1) is 0 Å². The van der Waals surface area contributed by atoms with Crippen LogP contribution in [0.15, 0.2) is 22.7 Å². The Morgan fingerprint density at radius 1 is 1.42 bits per heavy atom. The van der Waals surface area contributed by atoms with E-state index in [4.69, 9.17) is 21.9 Å². The molecule has 1 heterocycles. The zero-order valence-corrected chi connectivity index (χ0v) is 11.2. The largest absolute Gasteiger partial charge is 0.338 e. The second-order valence-corrected chi connectivity index (χ2v) is 4.59. The molecule has 1 aromatic heterocycles. The van der Waals surface area contributed by atoms with E-state index < -0.39 is 0 Å². The molecule has 102 valence electrons. The fraction of sp³-hybridized carbons (Fsp3) is 0.333. The van der Waals surface area contributed by atoms with E-state index in [0.29, 0.717) is 35.4 Å². The summed E-state index contributed by atoms with van der Waals surface area (Å²) in [7, 11) is 1.82. The van der Waals surface area contributed by atoms with E-state index in [-0.39, 0.29) is 12.4 Å². The Bertz CT molecular complexity index is 540. The Labute approximate surface area is 115 Å². The summed E-state index contributed by atoms with van der Waals surface area (Å²) in [5.74, 6) is 0.567. The standard InChI is InChI=1S/C12H14ClFN4O/c1-18(7-11-16-12(5-15)19-17-11)6-8-9(13)3-2-4-10(8)14/h2-4H,5-7,15H2,1H3. The highest BCUT2D eigenvalue weighted by Gasteiger charge is 2.12. The van der Waals surface area contributed by atoms with E-state index in [9.17, 15) is 4.39 Å². The number of hydrogen-bond acceptors (Lipinski definition) is 5. The molecule has 0 aliphatic rings. The Kier molecular flexibility index (Phi) is 4.47. The van der Waals surface area contributed by atoms with Gasteiger partial charge in [-0.05, 0) is 19.2 Å². The fourth-order valence-electron chi connectivity index (χ4n) is 1.69. The van der Waals surface area contributed by atoms with Crippen molar-refractivity contribution in [2.45, 2.75) is 19.6 Å². The van der Waals surface area contributed by atoms with Crippen molar-refractivity contribution in [2.75, 3.05) is 7.05 Å². The number of rotatable bonds is 5. The molecule has 0 radical (unpaired) electrons. The molecule has 0 fully saturated rings. The molecule has 5 nitrogen and oxygen atoms in total. The van der Waals surface area contributed by atoms with Gasteiger partial charge in [0.25, 0.3) is 0 Å². The predicted octanol–water partition coefficient (Wildman–Crippen LogP) is 1.95. The third-order valence-corrected chi connectivity index (χ3v) is 2.94. The molecule has 7 heteroatoms. The lowest BCUT2D eigenvalue weighted by molar-refractivity contribution is 0.295. The Morgan fingerprint density at radius 3 is 2.84 bits per heavy atom. The molecule has 0 spiro atoms. The molecule has 0 bridgehead atoms. The lowest BCUT2D eigenvalue weighted by Crippen LogP contribution is -2.19. The lowest BCUT2D eigenvalue weighted by atomic mass is 10.2. The van der Waals surface area contributed by atoms with Gasteiger partial charge in [0, 0.05) is 17.1 Å². The highest BCUT2D eigenvalue weighted by Crippen LogP contribution is 2.20. The summed E-state index contributed by atoms with van der Waals surface area (Å²) in [5.41, 5.74) is 5.83. The van der Waals surface area contributed by atoms with Gasteiger partial charge in [0.2, 0.25) is 5.89 Å². The zero-order chi connectivity index (χ0) is 13.8. The Balaban J connectivity index is 2.03. The van der Waals surface area contributed by atoms with Crippen LogP contribution in [0.2, 0.25) is 5.02 Å². The molecule has 19 heavy (non-hydrogen) atoms. The molecule has 0 amide bonds. The lowest BCUT2D eigenvalue weighted by Gasteiger charge is -2.15. The minimum atomic E-state index is -0.324. The first-order valence-corrected chi connectivity index (χ1v) is 6.11. The second-order valence-electron chi connectivity index (χ2n) is 4.18. The molecule has 0 aliphatic carbocycles. The molecule has 0 saturated carbocycles. The van der Waals surface area contributed by atoms with Gasteiger partial charge in [-0.25, -0.2) is 4.39 Å². The topological polar surface area (TPSA) is 68.2 Å². The quantitative estimate of drug-likeness (QED) is 0.909. The smallest absolute Gasteiger partial charge is 0.240 e. The summed E-state index contributed by atoms with van der Waals surface area (Å²) in [6.07, 6.45) is 0. The van der Waals surface area contributed by atoms with E-state index in [1.54, 1.807) is 12.1 Å². The Hall–Kier alpha value is -1.50. The third-order valence-electron chi connectivity index (χ3n) is 2.59. The van der Waals surface area contributed by atoms with Gasteiger partial charge in [-0.1, -0.05) is 22.8 Å². The summed E-state index contributed by atoms with van der Waals surface area (Å²) < 4.78 is 18.5. The maximum atomic E-state index is 13.6. The third kappa shape index (κ3) is 3.50. The van der Waals surface area contributed by atoms with E-state index in [2.05, 4.69) is 10.1 Å². The predicted molar refractivity (Wildman–Crippen MR) is 68.8 cm³/mol. The number of hydrogen-bond donors (Lipinski definition) is 1. The molecular weight excluding hydrogens is 271 g/mol. The summed E-state index contributed by atoms with van der Waals surface area (Å²) in [6.45, 7) is 0.988. The van der Waals surface area contributed by atoms with E-state index in [0.717, 1.165) is 0 Å². The number of nitrogens with two attached hydrogens (primary N) is 1. The molecule has 0 aliphatic heterocycles. The molecule has 0 atom stereocenters. The maximum Gasteiger partial charge on any atom is 0.240 e. The van der Waals surface area contributed by atoms with Crippen molar-refractivity contribution < 1.29 is 8.91 Å². The van der Waals surface area contributed by atoms with Gasteiger partial charge in [-0.2, -0.15) is 4.98 Å². The molecule has 2 rings (SSSR count). The minimum absolute atomic E-state index is 0.204. The van der Waals surface area contributed by atoms with Crippen LogP contribution in [0.25, 0.3) is 0 Å². The summed E-state index contributed by atoms with van der Waals surface area (Å²) >= 11 is 5.97. The van der Waals surface area contributed by atoms with Crippen LogP contribution in [-0.4, -0.2) is 22.1 Å². The van der Waals surface area contributed by atoms with Gasteiger partial charge >= 0.3 is 0 Å². The molecule has 0 saturated heterocycles. The van der Waals surface area contributed by atoms with Crippen LogP contribution >= 0.6 is 11.6 Å². The van der Waals surface area contributed by atoms with E-state index in [1.165, 1.54) is 6.07 Å². The molecule has 2 N–H and O–H groups in total. The van der Waals surface area contributed by atoms with Crippen molar-refractivity contribution in [3.05, 3.63) is 46.3 Å². The van der Waals surface area contributed by atoms with Gasteiger partial charge in [-0.3, -0.25) is 4.90 Å². The average molecular weight is 285 g/mol. The van der Waals surface area contributed by atoms with Gasteiger partial charge in [0.05, 0.1) is 13.1 Å². The van der Waals surface area contributed by atoms with Crippen molar-refractivity contribution in [2.24, 2.45) is 5.73 Å². The molecule has 0 unspecified atom stereocenters. The first-order valence-electron chi connectivity index (χ1n) is 5.73. The highest BCUT2D eigenvalue weighted by atomic mass is 35.5. The van der Waals surface area contributed by atoms with Crippen molar-refractivity contribution in [3.8, 4) is 0 Å². The van der Waals surface area contributed by atoms with Crippen LogP contribution in [0.4, 0.5) is 4.39 Å². The number of halogens is 2. The van der Waals surface area contributed by atoms with Crippen LogP contribution in [0.5, 0.6) is 0 Å². The highest BCUT2D eigenvalue weighted by molar-refractivity contribution is 6.31. The van der Waals surface area contributed by atoms with Crippen molar-refractivity contribution >= 4 is 11.6 Å². The van der Waals surface area contributed by atoms with Gasteiger partial charge in [0.1, 0.15) is 5.82 Å². The van der Waals surface area contributed by atoms with Crippen LogP contribution in [0.3, 0.4) is 0 Å². The van der Waals surface area contributed by atoms with Crippen LogP contribution in [-0.2, 0) is 19.6 Å². The van der Waals surface area contributed by atoms with Crippen LogP contribution in [0.1, 0.15) is 17.3 Å². The number of nitrogens with zero attached hydrogens (tertiary/aromatic N) is 3. The minimum Gasteiger partial charge on any atom is -0.338 e. The van der Waals surface area contributed by atoms with E-state index >= 15 is 0 Å². The summed E-state index contributed by atoms with van der Waals surface area (Å²) in [5, 5.41) is 4.18. The maximum absolute atomic E-state index is 13.6. The average Bonchev–Trinajstić information content (AvgIpc) is 2.81. The van der Waals surface area contributed by atoms with Gasteiger partial charge < -0.3 is 10.3 Å². The normalized spacial score (nSPS) is 11.2. The van der Waals surface area contributed by atoms with Crippen molar-refractivity contribution in [1.82, 2.24) is 15.0 Å². The summed E-state index contributed by atoms with van der Waals surface area (Å²) in [6, 6.07) is 4.62. The first-order chi connectivity index (χ1) is 9.10. The van der Waals surface area contributed by atoms with E-state index in [1.807, 2.05) is 11.9 Å². The monoisotopic (exact) mass is 284 g/mol.